The first kappa shape index (κ1) is 12.9. The standard InChI is InChI=1S/C9H10BrClN2O3S/c10-9-8(12-17(15)16)7(11)5-3-1-2-4-6(5)13(9)14/h17H,1-4H2,(H,12,15,16). The minimum atomic E-state index is -2.85. The molecule has 0 saturated carbocycles. The molecule has 1 aromatic rings. The molecule has 8 heteroatoms. The quantitative estimate of drug-likeness (QED) is 0.371. The summed E-state index contributed by atoms with van der Waals surface area (Å²) in [5.74, 6) is 0. The molecule has 0 amide bonds. The average molecular weight is 342 g/mol. The number of rotatable bonds is 2. The number of thiol groups is 1. The minimum Gasteiger partial charge on any atom is -0.618 e. The van der Waals surface area contributed by atoms with Crippen molar-refractivity contribution in [2.45, 2.75) is 25.7 Å². The molecule has 1 aliphatic carbocycles. The van der Waals surface area contributed by atoms with Crippen LogP contribution in [0, 0.1) is 5.21 Å². The predicted molar refractivity (Wildman–Crippen MR) is 68.7 cm³/mol. The SMILES string of the molecule is O=[SH](=O)Nc1c(Cl)c2c([n+]([O-])c1Br)CCCC2. The van der Waals surface area contributed by atoms with Crippen LogP contribution in [0.4, 0.5) is 5.69 Å². The van der Waals surface area contributed by atoms with Crippen molar-refractivity contribution < 1.29 is 13.1 Å². The third kappa shape index (κ3) is 2.36. The van der Waals surface area contributed by atoms with E-state index >= 15 is 0 Å². The number of nitrogens with zero attached hydrogens (tertiary/aromatic N) is 1. The van der Waals surface area contributed by atoms with Crippen LogP contribution in [-0.4, -0.2) is 8.42 Å². The van der Waals surface area contributed by atoms with E-state index in [0.717, 1.165) is 18.4 Å². The Morgan fingerprint density at radius 3 is 2.65 bits per heavy atom. The van der Waals surface area contributed by atoms with Crippen LogP contribution in [0.5, 0.6) is 0 Å². The average Bonchev–Trinajstić information content (AvgIpc) is 2.31. The van der Waals surface area contributed by atoms with Crippen LogP contribution in [0.1, 0.15) is 24.1 Å². The van der Waals surface area contributed by atoms with Crippen molar-refractivity contribution >= 4 is 44.1 Å². The molecule has 1 heterocycles. The summed E-state index contributed by atoms with van der Waals surface area (Å²) in [5, 5.41) is 12.3. The first-order valence-electron chi connectivity index (χ1n) is 5.05. The zero-order valence-electron chi connectivity index (χ0n) is 8.70. The van der Waals surface area contributed by atoms with E-state index in [0.29, 0.717) is 28.3 Å². The van der Waals surface area contributed by atoms with Crippen molar-refractivity contribution in [2.24, 2.45) is 0 Å². The van der Waals surface area contributed by atoms with E-state index in [1.54, 1.807) is 0 Å². The summed E-state index contributed by atoms with van der Waals surface area (Å²) in [5.41, 5.74) is 1.49. The molecule has 0 aromatic carbocycles. The van der Waals surface area contributed by atoms with Gasteiger partial charge in [0.05, 0.1) is 5.02 Å². The minimum absolute atomic E-state index is 0.113. The summed E-state index contributed by atoms with van der Waals surface area (Å²) in [6.07, 6.45) is 3.27. The van der Waals surface area contributed by atoms with Gasteiger partial charge in [0.1, 0.15) is 5.69 Å². The number of pyridine rings is 1. The summed E-state index contributed by atoms with van der Waals surface area (Å²) in [4.78, 5) is 0. The number of nitrogens with one attached hydrogen (secondary N) is 1. The Morgan fingerprint density at radius 1 is 1.35 bits per heavy atom. The van der Waals surface area contributed by atoms with Gasteiger partial charge in [0, 0.05) is 27.9 Å². The molecule has 5 nitrogen and oxygen atoms in total. The summed E-state index contributed by atoms with van der Waals surface area (Å²) < 4.78 is 24.4. The molecule has 0 saturated heterocycles. The van der Waals surface area contributed by atoms with Crippen molar-refractivity contribution in [3.05, 3.63) is 26.1 Å². The van der Waals surface area contributed by atoms with E-state index in [1.165, 1.54) is 0 Å². The molecule has 1 aliphatic rings. The van der Waals surface area contributed by atoms with Crippen molar-refractivity contribution in [2.75, 3.05) is 4.72 Å². The van der Waals surface area contributed by atoms with E-state index in [-0.39, 0.29) is 10.3 Å². The number of fused-ring (bicyclic) bond motifs is 1. The van der Waals surface area contributed by atoms with E-state index in [2.05, 4.69) is 20.7 Å². The highest BCUT2D eigenvalue weighted by Gasteiger charge is 2.27. The lowest BCUT2D eigenvalue weighted by atomic mass is 9.96. The lowest BCUT2D eigenvalue weighted by Gasteiger charge is -2.19. The second kappa shape index (κ2) is 4.99. The first-order chi connectivity index (χ1) is 8.02. The van der Waals surface area contributed by atoms with Gasteiger partial charge < -0.3 is 5.21 Å². The van der Waals surface area contributed by atoms with Crippen LogP contribution in [0.3, 0.4) is 0 Å². The summed E-state index contributed by atoms with van der Waals surface area (Å²) in [7, 11) is -2.85. The molecular formula is C9H10BrClN2O3S. The van der Waals surface area contributed by atoms with Gasteiger partial charge >= 0.3 is 0 Å². The van der Waals surface area contributed by atoms with Crippen molar-refractivity contribution in [1.29, 1.82) is 0 Å². The van der Waals surface area contributed by atoms with Crippen LogP contribution in [0.15, 0.2) is 4.60 Å². The van der Waals surface area contributed by atoms with Gasteiger partial charge in [-0.3, -0.25) is 4.72 Å². The van der Waals surface area contributed by atoms with Gasteiger partial charge in [-0.2, -0.15) is 4.73 Å². The highest BCUT2D eigenvalue weighted by atomic mass is 79.9. The molecule has 0 radical (unpaired) electrons. The summed E-state index contributed by atoms with van der Waals surface area (Å²) in [6, 6.07) is 0. The van der Waals surface area contributed by atoms with Gasteiger partial charge in [0.25, 0.3) is 4.60 Å². The van der Waals surface area contributed by atoms with Crippen LogP contribution >= 0.6 is 27.5 Å². The highest BCUT2D eigenvalue weighted by molar-refractivity contribution is 9.10. The van der Waals surface area contributed by atoms with Gasteiger partial charge in [-0.25, -0.2) is 8.42 Å². The number of halogens is 2. The fourth-order valence-corrected chi connectivity index (χ4v) is 3.58. The van der Waals surface area contributed by atoms with Gasteiger partial charge in [0.15, 0.2) is 5.69 Å². The van der Waals surface area contributed by atoms with E-state index in [9.17, 15) is 13.6 Å². The molecule has 0 aliphatic heterocycles. The zero-order valence-corrected chi connectivity index (χ0v) is 11.9. The number of anilines is 1. The van der Waals surface area contributed by atoms with Crippen molar-refractivity contribution in [3.8, 4) is 0 Å². The van der Waals surface area contributed by atoms with Gasteiger partial charge in [0.2, 0.25) is 10.9 Å². The molecule has 1 aromatic heterocycles. The second-order valence-electron chi connectivity index (χ2n) is 3.78. The maximum absolute atomic E-state index is 11.9. The monoisotopic (exact) mass is 340 g/mol. The van der Waals surface area contributed by atoms with Gasteiger partial charge in [-0.05, 0) is 19.3 Å². The normalized spacial score (nSPS) is 14.8. The van der Waals surface area contributed by atoms with Gasteiger partial charge in [-0.15, -0.1) is 0 Å². The lowest BCUT2D eigenvalue weighted by molar-refractivity contribution is -0.625. The molecule has 0 fully saturated rings. The third-order valence-electron chi connectivity index (χ3n) is 2.76. The first-order valence-corrected chi connectivity index (χ1v) is 7.40. The second-order valence-corrected chi connectivity index (χ2v) is 5.64. The Bertz CT molecular complexity index is 540. The molecule has 0 bridgehead atoms. The summed E-state index contributed by atoms with van der Waals surface area (Å²) >= 11 is 9.21. The fraction of sp³-hybridized carbons (Fsp3) is 0.444. The number of hydrogen-bond acceptors (Lipinski definition) is 3. The Kier molecular flexibility index (Phi) is 3.79. The summed E-state index contributed by atoms with van der Waals surface area (Å²) in [6.45, 7) is 0. The Balaban J connectivity index is 2.65. The van der Waals surface area contributed by atoms with Gasteiger partial charge in [-0.1, -0.05) is 11.6 Å². The fourth-order valence-electron chi connectivity index (χ4n) is 2.00. The maximum Gasteiger partial charge on any atom is 0.285 e. The Morgan fingerprint density at radius 2 is 2.00 bits per heavy atom. The number of hydrogen-bond donors (Lipinski definition) is 2. The molecule has 2 rings (SSSR count). The molecule has 0 unspecified atom stereocenters. The van der Waals surface area contributed by atoms with Crippen molar-refractivity contribution in [1.82, 2.24) is 0 Å². The molecule has 0 spiro atoms. The Labute approximate surface area is 114 Å². The van der Waals surface area contributed by atoms with E-state index < -0.39 is 10.9 Å². The topological polar surface area (TPSA) is 73.1 Å². The lowest BCUT2D eigenvalue weighted by Crippen LogP contribution is -2.37. The zero-order chi connectivity index (χ0) is 12.6. The maximum atomic E-state index is 11.9. The highest BCUT2D eigenvalue weighted by Crippen LogP contribution is 2.35. The predicted octanol–water partition coefficient (Wildman–Crippen LogP) is 1.55. The van der Waals surface area contributed by atoms with Crippen LogP contribution in [-0.2, 0) is 23.7 Å². The van der Waals surface area contributed by atoms with E-state index in [1.807, 2.05) is 0 Å². The molecule has 17 heavy (non-hydrogen) atoms. The van der Waals surface area contributed by atoms with Crippen LogP contribution < -0.4 is 9.45 Å². The smallest absolute Gasteiger partial charge is 0.285 e. The largest absolute Gasteiger partial charge is 0.618 e. The third-order valence-corrected chi connectivity index (χ3v) is 4.30. The van der Waals surface area contributed by atoms with Crippen LogP contribution in [0.2, 0.25) is 5.02 Å². The van der Waals surface area contributed by atoms with Crippen molar-refractivity contribution in [3.63, 3.8) is 0 Å². The van der Waals surface area contributed by atoms with Crippen LogP contribution in [0.25, 0.3) is 0 Å². The molecule has 1 N–H and O–H groups in total. The molecule has 94 valence electrons. The molecule has 0 atom stereocenters. The molecular weight excluding hydrogens is 332 g/mol. The Hall–Kier alpha value is -0.530. The van der Waals surface area contributed by atoms with E-state index in [4.69, 9.17) is 11.6 Å². The number of aromatic nitrogens is 1.